The molecule has 0 amide bonds. The van der Waals surface area contributed by atoms with Crippen molar-refractivity contribution in [2.75, 3.05) is 24.8 Å². The van der Waals surface area contributed by atoms with Crippen molar-refractivity contribution in [1.29, 1.82) is 0 Å². The van der Waals surface area contributed by atoms with E-state index in [1.807, 2.05) is 30.6 Å². The van der Waals surface area contributed by atoms with E-state index >= 15 is 0 Å². The predicted octanol–water partition coefficient (Wildman–Crippen LogP) is 3.25. The Morgan fingerprint density at radius 2 is 1.87 bits per heavy atom. The zero-order valence-corrected chi connectivity index (χ0v) is 11.1. The normalized spacial score (nSPS) is 10.5. The summed E-state index contributed by atoms with van der Waals surface area (Å²) in [4.78, 5) is 1.39. The molecule has 3 heteroatoms. The molecule has 0 radical (unpaired) electrons. The molecule has 0 saturated carbocycles. The van der Waals surface area contributed by atoms with Gasteiger partial charge in [0, 0.05) is 11.4 Å². The van der Waals surface area contributed by atoms with Gasteiger partial charge in [0.2, 0.25) is 0 Å². The van der Waals surface area contributed by atoms with Crippen molar-refractivity contribution in [3.05, 3.63) is 29.8 Å². The number of nitrogens with one attached hydrogen (secondary N) is 1. The molecule has 84 valence electrons. The topological polar surface area (TPSA) is 12.0 Å². The highest BCUT2D eigenvalue weighted by Gasteiger charge is 1.95. The minimum Gasteiger partial charge on any atom is -0.316 e. The van der Waals surface area contributed by atoms with Crippen LogP contribution in [0, 0.1) is 0 Å². The lowest BCUT2D eigenvalue weighted by atomic mass is 10.2. The van der Waals surface area contributed by atoms with Gasteiger partial charge in [0.15, 0.2) is 0 Å². The molecule has 0 aliphatic heterocycles. The number of benzene rings is 1. The molecule has 0 atom stereocenters. The third-order valence-electron chi connectivity index (χ3n) is 2.07. The lowest BCUT2D eigenvalue weighted by Gasteiger charge is -2.03. The fourth-order valence-corrected chi connectivity index (χ4v) is 2.77. The zero-order valence-electron chi connectivity index (χ0n) is 9.45. The summed E-state index contributed by atoms with van der Waals surface area (Å²) < 4.78 is 0. The first-order valence-electron chi connectivity index (χ1n) is 5.22. The van der Waals surface area contributed by atoms with Crippen molar-refractivity contribution >= 4 is 23.5 Å². The number of thioether (sulfide) groups is 2. The fraction of sp³-hybridized carbons (Fsp3) is 0.500. The van der Waals surface area contributed by atoms with E-state index in [-0.39, 0.29) is 0 Å². The second-order valence-corrected chi connectivity index (χ2v) is 5.52. The highest BCUT2D eigenvalue weighted by Crippen LogP contribution is 2.19. The molecule has 0 aromatic heterocycles. The van der Waals surface area contributed by atoms with Gasteiger partial charge < -0.3 is 5.32 Å². The van der Waals surface area contributed by atoms with E-state index in [0.29, 0.717) is 0 Å². The molecule has 0 bridgehead atoms. The molecule has 0 aliphatic rings. The predicted molar refractivity (Wildman–Crippen MR) is 72.9 cm³/mol. The molecule has 1 nitrogen and oxygen atoms in total. The second kappa shape index (κ2) is 8.08. The van der Waals surface area contributed by atoms with Crippen LogP contribution < -0.4 is 5.32 Å². The van der Waals surface area contributed by atoms with E-state index in [4.69, 9.17) is 0 Å². The molecule has 0 spiro atoms. The Hall–Kier alpha value is -0.120. The van der Waals surface area contributed by atoms with Gasteiger partial charge in [-0.05, 0) is 48.9 Å². The Morgan fingerprint density at radius 3 is 2.47 bits per heavy atom. The first-order chi connectivity index (χ1) is 7.36. The fourth-order valence-electron chi connectivity index (χ4n) is 1.30. The summed E-state index contributed by atoms with van der Waals surface area (Å²) in [5, 5.41) is 3.15. The van der Waals surface area contributed by atoms with Crippen LogP contribution in [-0.4, -0.2) is 24.8 Å². The maximum atomic E-state index is 3.15. The highest BCUT2D eigenvalue weighted by molar-refractivity contribution is 7.99. The Morgan fingerprint density at radius 1 is 1.13 bits per heavy atom. The minimum absolute atomic E-state index is 0.956. The van der Waals surface area contributed by atoms with Crippen LogP contribution in [-0.2, 0) is 6.54 Å². The highest BCUT2D eigenvalue weighted by atomic mass is 32.2. The molecule has 1 rings (SSSR count). The zero-order chi connectivity index (χ0) is 10.9. The van der Waals surface area contributed by atoms with Gasteiger partial charge in [-0.1, -0.05) is 12.1 Å². The van der Waals surface area contributed by atoms with Crippen LogP contribution in [0.5, 0.6) is 0 Å². The second-order valence-electron chi connectivity index (χ2n) is 3.37. The van der Waals surface area contributed by atoms with Crippen LogP contribution in [0.15, 0.2) is 29.2 Å². The molecule has 1 aromatic rings. The quantitative estimate of drug-likeness (QED) is 0.581. The summed E-state index contributed by atoms with van der Waals surface area (Å²) in [7, 11) is 1.98. The summed E-state index contributed by atoms with van der Waals surface area (Å²) in [5.41, 5.74) is 1.35. The van der Waals surface area contributed by atoms with E-state index in [1.165, 1.54) is 28.4 Å². The van der Waals surface area contributed by atoms with Crippen molar-refractivity contribution in [1.82, 2.24) is 5.32 Å². The maximum Gasteiger partial charge on any atom is 0.0202 e. The molecule has 15 heavy (non-hydrogen) atoms. The molecular weight excluding hydrogens is 222 g/mol. The molecular formula is C12H19NS2. The largest absolute Gasteiger partial charge is 0.316 e. The molecule has 0 fully saturated rings. The average Bonchev–Trinajstić information content (AvgIpc) is 2.27. The third-order valence-corrected chi connectivity index (χ3v) is 3.86. The lowest BCUT2D eigenvalue weighted by Crippen LogP contribution is -2.04. The van der Waals surface area contributed by atoms with Crippen molar-refractivity contribution < 1.29 is 0 Å². The van der Waals surface area contributed by atoms with Crippen LogP contribution in [0.4, 0.5) is 0 Å². The summed E-state index contributed by atoms with van der Waals surface area (Å²) in [6, 6.07) is 8.84. The smallest absolute Gasteiger partial charge is 0.0202 e. The summed E-state index contributed by atoms with van der Waals surface area (Å²) >= 11 is 3.88. The van der Waals surface area contributed by atoms with Crippen molar-refractivity contribution in [3.63, 3.8) is 0 Å². The van der Waals surface area contributed by atoms with Gasteiger partial charge in [0.25, 0.3) is 0 Å². The van der Waals surface area contributed by atoms with Gasteiger partial charge in [0.1, 0.15) is 0 Å². The van der Waals surface area contributed by atoms with Crippen LogP contribution in [0.25, 0.3) is 0 Å². The Balaban J connectivity index is 2.29. The lowest BCUT2D eigenvalue weighted by molar-refractivity contribution is 0.817. The van der Waals surface area contributed by atoms with E-state index in [0.717, 1.165) is 6.54 Å². The minimum atomic E-state index is 0.956. The Kier molecular flexibility index (Phi) is 6.98. The molecule has 0 aliphatic carbocycles. The summed E-state index contributed by atoms with van der Waals surface area (Å²) in [5.74, 6) is 2.50. The first-order valence-corrected chi connectivity index (χ1v) is 7.60. The average molecular weight is 241 g/mol. The number of rotatable bonds is 7. The first kappa shape index (κ1) is 12.9. The molecule has 0 saturated heterocycles. The number of hydrogen-bond acceptors (Lipinski definition) is 3. The van der Waals surface area contributed by atoms with Gasteiger partial charge in [-0.2, -0.15) is 11.8 Å². The van der Waals surface area contributed by atoms with E-state index in [2.05, 4.69) is 35.8 Å². The van der Waals surface area contributed by atoms with Crippen molar-refractivity contribution in [2.24, 2.45) is 0 Å². The monoisotopic (exact) mass is 241 g/mol. The van der Waals surface area contributed by atoms with Crippen molar-refractivity contribution in [2.45, 2.75) is 17.9 Å². The van der Waals surface area contributed by atoms with Gasteiger partial charge in [-0.3, -0.25) is 0 Å². The van der Waals surface area contributed by atoms with Gasteiger partial charge in [-0.25, -0.2) is 0 Å². The van der Waals surface area contributed by atoms with Crippen LogP contribution in [0.2, 0.25) is 0 Å². The summed E-state index contributed by atoms with van der Waals surface area (Å²) in [6.07, 6.45) is 3.46. The third kappa shape index (κ3) is 5.50. The van der Waals surface area contributed by atoms with E-state index in [9.17, 15) is 0 Å². The summed E-state index contributed by atoms with van der Waals surface area (Å²) in [6.45, 7) is 0.956. The number of hydrogen-bond donors (Lipinski definition) is 1. The molecule has 0 unspecified atom stereocenters. The van der Waals surface area contributed by atoms with Gasteiger partial charge >= 0.3 is 0 Å². The van der Waals surface area contributed by atoms with E-state index in [1.54, 1.807) is 0 Å². The molecule has 0 heterocycles. The van der Waals surface area contributed by atoms with Gasteiger partial charge in [0.05, 0.1) is 0 Å². The Labute approximate surface area is 101 Å². The van der Waals surface area contributed by atoms with Crippen LogP contribution in [0.3, 0.4) is 0 Å². The van der Waals surface area contributed by atoms with Crippen LogP contribution in [0.1, 0.15) is 12.0 Å². The Bertz CT molecular complexity index is 259. The van der Waals surface area contributed by atoms with E-state index < -0.39 is 0 Å². The standard InChI is InChI=1S/C12H19NS2/c1-13-10-11-4-6-12(7-5-11)15-9-3-8-14-2/h4-7,13H,3,8-10H2,1-2H3. The molecule has 1 aromatic carbocycles. The van der Waals surface area contributed by atoms with Crippen molar-refractivity contribution in [3.8, 4) is 0 Å². The van der Waals surface area contributed by atoms with Gasteiger partial charge in [-0.15, -0.1) is 11.8 Å². The van der Waals surface area contributed by atoms with Crippen LogP contribution >= 0.6 is 23.5 Å². The SMILES string of the molecule is CNCc1ccc(SCCCSC)cc1. The maximum absolute atomic E-state index is 3.15. The molecule has 1 N–H and O–H groups in total.